The molecule has 0 amide bonds. The Labute approximate surface area is 179 Å². The monoisotopic (exact) mass is 405 g/mol. The summed E-state index contributed by atoms with van der Waals surface area (Å²) in [6.07, 6.45) is 1.95. The minimum Gasteiger partial charge on any atom is -0.378 e. The molecule has 1 aromatic carbocycles. The van der Waals surface area contributed by atoms with Gasteiger partial charge in [0.25, 0.3) is 0 Å². The number of aliphatic hydroxyl groups is 1. The summed E-state index contributed by atoms with van der Waals surface area (Å²) in [5.41, 5.74) is 2.06. The van der Waals surface area contributed by atoms with Crippen molar-refractivity contribution in [1.29, 1.82) is 0 Å². The first-order valence-electron chi connectivity index (χ1n) is 10.7. The Bertz CT molecular complexity index is 930. The predicted molar refractivity (Wildman–Crippen MR) is 120 cm³/mol. The number of ether oxygens (including phenoxy) is 1. The maximum atomic E-state index is 11.1. The van der Waals surface area contributed by atoms with E-state index in [4.69, 9.17) is 9.72 Å². The van der Waals surface area contributed by atoms with Gasteiger partial charge < -0.3 is 19.6 Å². The second-order valence-electron chi connectivity index (χ2n) is 8.69. The van der Waals surface area contributed by atoms with Crippen molar-refractivity contribution in [3.05, 3.63) is 59.3 Å². The van der Waals surface area contributed by atoms with Crippen molar-refractivity contribution in [3.8, 4) is 11.8 Å². The first kappa shape index (κ1) is 20.9. The zero-order chi connectivity index (χ0) is 21.1. The maximum absolute atomic E-state index is 11.1. The Hall–Kier alpha value is -2.39. The molecule has 5 nitrogen and oxygen atoms in total. The first-order valence-corrected chi connectivity index (χ1v) is 10.7. The highest BCUT2D eigenvalue weighted by Crippen LogP contribution is 2.27. The number of hydrogen-bond acceptors (Lipinski definition) is 5. The lowest BCUT2D eigenvalue weighted by Crippen LogP contribution is -2.52. The van der Waals surface area contributed by atoms with E-state index in [1.165, 1.54) is 5.56 Å². The number of piperidine rings is 1. The first-order chi connectivity index (χ1) is 14.5. The highest BCUT2D eigenvalue weighted by atomic mass is 16.5. The lowest BCUT2D eigenvalue weighted by Gasteiger charge is -2.39. The summed E-state index contributed by atoms with van der Waals surface area (Å²) in [4.78, 5) is 9.33. The van der Waals surface area contributed by atoms with Gasteiger partial charge in [-0.05, 0) is 43.6 Å². The molecule has 2 unspecified atom stereocenters. The highest BCUT2D eigenvalue weighted by molar-refractivity contribution is 5.50. The van der Waals surface area contributed by atoms with Gasteiger partial charge in [0, 0.05) is 38.7 Å². The number of aromatic nitrogens is 1. The molecule has 1 N–H and O–H groups in total. The van der Waals surface area contributed by atoms with Gasteiger partial charge in [-0.1, -0.05) is 49.1 Å². The van der Waals surface area contributed by atoms with Crippen LogP contribution >= 0.6 is 0 Å². The Morgan fingerprint density at radius 1 is 1.20 bits per heavy atom. The summed E-state index contributed by atoms with van der Waals surface area (Å²) in [7, 11) is 3.79. The van der Waals surface area contributed by atoms with Crippen LogP contribution in [0.3, 0.4) is 0 Å². The van der Waals surface area contributed by atoms with Crippen LogP contribution in [0.5, 0.6) is 0 Å². The SMILES string of the molecule is COC1CN(c2ccc(C#CC3(O)CN(C)CCC3C)c(Cc3ccccc3)n2)C1. The molecule has 3 heterocycles. The van der Waals surface area contributed by atoms with Gasteiger partial charge in [-0.25, -0.2) is 4.98 Å². The van der Waals surface area contributed by atoms with Crippen LogP contribution in [0, 0.1) is 17.8 Å². The van der Waals surface area contributed by atoms with Crippen molar-refractivity contribution in [2.24, 2.45) is 5.92 Å². The zero-order valence-corrected chi connectivity index (χ0v) is 18.1. The molecule has 2 saturated heterocycles. The molecule has 4 rings (SSSR count). The maximum Gasteiger partial charge on any atom is 0.140 e. The van der Waals surface area contributed by atoms with Crippen molar-refractivity contribution in [1.82, 2.24) is 9.88 Å². The molecule has 2 atom stereocenters. The highest BCUT2D eigenvalue weighted by Gasteiger charge is 2.36. The fourth-order valence-electron chi connectivity index (χ4n) is 4.12. The molecule has 30 heavy (non-hydrogen) atoms. The summed E-state index contributed by atoms with van der Waals surface area (Å²) in [5.74, 6) is 7.60. The third kappa shape index (κ3) is 4.52. The van der Waals surface area contributed by atoms with E-state index in [1.54, 1.807) is 7.11 Å². The number of pyridine rings is 1. The summed E-state index contributed by atoms with van der Waals surface area (Å²) in [6.45, 7) is 5.39. The van der Waals surface area contributed by atoms with Crippen molar-refractivity contribution >= 4 is 5.82 Å². The molecule has 0 spiro atoms. The summed E-state index contributed by atoms with van der Waals surface area (Å²) in [6, 6.07) is 14.4. The lowest BCUT2D eigenvalue weighted by atomic mass is 9.83. The molecule has 1 aromatic heterocycles. The molecule has 158 valence electrons. The van der Waals surface area contributed by atoms with E-state index < -0.39 is 5.60 Å². The molecular formula is C25H31N3O2. The standard InChI is InChI=1S/C25H31N3O2/c1-19-12-14-27(2)18-25(19,29)13-11-21-9-10-24(28-16-22(17-28)30-3)26-23(21)15-20-7-5-4-6-8-20/h4-10,19,22,29H,12,14-18H2,1-3H3. The Kier molecular flexibility index (Phi) is 6.10. The molecule has 0 saturated carbocycles. The number of benzene rings is 1. The zero-order valence-electron chi connectivity index (χ0n) is 18.1. The molecule has 2 aliphatic heterocycles. The Morgan fingerprint density at radius 2 is 1.97 bits per heavy atom. The fraction of sp³-hybridized carbons (Fsp3) is 0.480. The average Bonchev–Trinajstić information content (AvgIpc) is 2.70. The van der Waals surface area contributed by atoms with Gasteiger partial charge >= 0.3 is 0 Å². The van der Waals surface area contributed by atoms with Crippen LogP contribution < -0.4 is 4.90 Å². The van der Waals surface area contributed by atoms with Crippen molar-refractivity contribution in [3.63, 3.8) is 0 Å². The smallest absolute Gasteiger partial charge is 0.140 e. The topological polar surface area (TPSA) is 48.8 Å². The largest absolute Gasteiger partial charge is 0.378 e. The number of hydrogen-bond donors (Lipinski definition) is 1. The van der Waals surface area contributed by atoms with Crippen molar-refractivity contribution < 1.29 is 9.84 Å². The molecule has 2 fully saturated rings. The fourth-order valence-corrected chi connectivity index (χ4v) is 4.12. The minimum atomic E-state index is -0.987. The van der Waals surface area contributed by atoms with E-state index in [9.17, 15) is 5.11 Å². The van der Waals surface area contributed by atoms with Gasteiger partial charge in [-0.2, -0.15) is 0 Å². The third-order valence-corrected chi connectivity index (χ3v) is 6.36. The summed E-state index contributed by atoms with van der Waals surface area (Å²) >= 11 is 0. The van der Waals surface area contributed by atoms with Crippen molar-refractivity contribution in [2.75, 3.05) is 45.2 Å². The van der Waals surface area contributed by atoms with E-state index in [1.807, 2.05) is 37.4 Å². The molecule has 5 heteroatoms. The number of nitrogens with zero attached hydrogens (tertiary/aromatic N) is 3. The van der Waals surface area contributed by atoms with E-state index in [-0.39, 0.29) is 12.0 Å². The molecular weight excluding hydrogens is 374 g/mol. The van der Waals surface area contributed by atoms with Crippen LogP contribution in [0.1, 0.15) is 30.2 Å². The van der Waals surface area contributed by atoms with E-state index in [0.29, 0.717) is 13.0 Å². The summed E-state index contributed by atoms with van der Waals surface area (Å²) in [5, 5.41) is 11.1. The van der Waals surface area contributed by atoms with E-state index >= 15 is 0 Å². The van der Waals surface area contributed by atoms with Crippen LogP contribution in [-0.4, -0.2) is 67.0 Å². The van der Waals surface area contributed by atoms with Crippen LogP contribution in [0.4, 0.5) is 5.82 Å². The second kappa shape index (κ2) is 8.77. The number of methoxy groups -OCH3 is 1. The molecule has 2 aliphatic rings. The predicted octanol–water partition coefficient (Wildman–Crippen LogP) is 2.56. The van der Waals surface area contributed by atoms with Crippen LogP contribution in [0.2, 0.25) is 0 Å². The van der Waals surface area contributed by atoms with Gasteiger partial charge in [0.05, 0.1) is 11.8 Å². The van der Waals surface area contributed by atoms with Gasteiger partial charge in [-0.3, -0.25) is 0 Å². The lowest BCUT2D eigenvalue weighted by molar-refractivity contribution is -0.0173. The van der Waals surface area contributed by atoms with Crippen LogP contribution in [-0.2, 0) is 11.2 Å². The van der Waals surface area contributed by atoms with Crippen LogP contribution in [0.15, 0.2) is 42.5 Å². The molecule has 0 radical (unpaired) electrons. The molecule has 2 aromatic rings. The van der Waals surface area contributed by atoms with Gasteiger partial charge in [0.1, 0.15) is 11.4 Å². The number of β-amino-alcohol motifs (C(OH)–C–C–N with tert-alkyl or cyclic N) is 1. The number of anilines is 1. The Morgan fingerprint density at radius 3 is 2.70 bits per heavy atom. The molecule has 0 bridgehead atoms. The van der Waals surface area contributed by atoms with E-state index in [0.717, 1.165) is 43.1 Å². The molecule has 0 aliphatic carbocycles. The van der Waals surface area contributed by atoms with E-state index in [2.05, 4.69) is 40.7 Å². The summed E-state index contributed by atoms with van der Waals surface area (Å²) < 4.78 is 5.40. The normalized spacial score (nSPS) is 24.8. The third-order valence-electron chi connectivity index (χ3n) is 6.36. The Balaban J connectivity index is 1.63. The van der Waals surface area contributed by atoms with Crippen molar-refractivity contribution in [2.45, 2.75) is 31.5 Å². The van der Waals surface area contributed by atoms with Gasteiger partial charge in [0.2, 0.25) is 0 Å². The van der Waals surface area contributed by atoms with Gasteiger partial charge in [0.15, 0.2) is 0 Å². The van der Waals surface area contributed by atoms with Crippen LogP contribution in [0.25, 0.3) is 0 Å². The second-order valence-corrected chi connectivity index (χ2v) is 8.69. The average molecular weight is 406 g/mol. The number of rotatable bonds is 4. The van der Waals surface area contributed by atoms with Gasteiger partial charge in [-0.15, -0.1) is 0 Å². The number of likely N-dealkylation sites (tertiary alicyclic amines) is 1. The minimum absolute atomic E-state index is 0.151. The quantitative estimate of drug-likeness (QED) is 0.793. The number of likely N-dealkylation sites (N-methyl/N-ethyl adjacent to an activating group) is 1.